The minimum atomic E-state index is -4.77. The third-order valence-electron chi connectivity index (χ3n) is 7.19. The van der Waals surface area contributed by atoms with Gasteiger partial charge in [0.1, 0.15) is 11.5 Å². The van der Waals surface area contributed by atoms with Crippen molar-refractivity contribution in [3.8, 4) is 11.5 Å². The normalized spacial score (nSPS) is 18.2. The maximum Gasteiger partial charge on any atom is 0.573 e. The zero-order chi connectivity index (χ0) is 27.3. The van der Waals surface area contributed by atoms with Crippen LogP contribution in [0.3, 0.4) is 0 Å². The number of benzene rings is 2. The van der Waals surface area contributed by atoms with Gasteiger partial charge in [0.15, 0.2) is 0 Å². The molecule has 0 spiro atoms. The molecule has 38 heavy (non-hydrogen) atoms. The number of halogens is 3. The third kappa shape index (κ3) is 7.18. The summed E-state index contributed by atoms with van der Waals surface area (Å²) in [5.41, 5.74) is 1.28. The molecule has 0 bridgehead atoms. The number of ether oxygens (including phenoxy) is 3. The van der Waals surface area contributed by atoms with Crippen LogP contribution < -0.4 is 9.47 Å². The second-order valence-corrected chi connectivity index (χ2v) is 9.72. The predicted molar refractivity (Wildman–Crippen MR) is 134 cm³/mol. The summed E-state index contributed by atoms with van der Waals surface area (Å²) in [7, 11) is 1.61. The summed E-state index contributed by atoms with van der Waals surface area (Å²) in [6, 6.07) is 12.5. The van der Waals surface area contributed by atoms with E-state index in [0.717, 1.165) is 36.3 Å². The van der Waals surface area contributed by atoms with Crippen LogP contribution in [-0.2, 0) is 9.53 Å². The molecule has 2 saturated heterocycles. The summed E-state index contributed by atoms with van der Waals surface area (Å²) in [6.45, 7) is 4.25. The molecule has 0 aliphatic carbocycles. The van der Waals surface area contributed by atoms with Gasteiger partial charge in [0.05, 0.1) is 25.2 Å². The Bertz CT molecular complexity index is 1080. The molecule has 2 aromatic carbocycles. The van der Waals surface area contributed by atoms with Crippen LogP contribution >= 0.6 is 0 Å². The smallest absolute Gasteiger partial charge is 0.497 e. The number of nitrogens with zero attached hydrogens (tertiary/aromatic N) is 2. The highest BCUT2D eigenvalue weighted by Crippen LogP contribution is 2.27. The van der Waals surface area contributed by atoms with E-state index in [4.69, 9.17) is 9.47 Å². The molecule has 1 atom stereocenters. The lowest BCUT2D eigenvalue weighted by molar-refractivity contribution is -0.274. The van der Waals surface area contributed by atoms with E-state index in [0.29, 0.717) is 44.6 Å². The van der Waals surface area contributed by atoms with E-state index in [1.54, 1.807) is 12.0 Å². The average Bonchev–Trinajstić information content (AvgIpc) is 2.92. The molecule has 2 amide bonds. The van der Waals surface area contributed by atoms with Gasteiger partial charge in [-0.25, -0.2) is 0 Å². The van der Waals surface area contributed by atoms with Crippen molar-refractivity contribution in [2.45, 2.75) is 57.1 Å². The number of rotatable bonds is 7. The summed E-state index contributed by atoms with van der Waals surface area (Å²) in [6.07, 6.45) is -1.74. The molecule has 2 heterocycles. The standard InChI is InChI=1S/C28H33F3N2O5/c1-19(20-3-7-22(36-2)8-4-20)26(34)32-15-11-23(12-16-32)37-24-13-17-33(18-14-24)27(35)21-5-9-25(10-6-21)38-28(29,30)31/h3-10,19,23-24H,11-18H2,1-2H3. The third-order valence-corrected chi connectivity index (χ3v) is 7.19. The molecule has 0 aromatic heterocycles. The number of hydrogen-bond acceptors (Lipinski definition) is 5. The zero-order valence-electron chi connectivity index (χ0n) is 21.6. The van der Waals surface area contributed by atoms with E-state index in [1.807, 2.05) is 36.1 Å². The van der Waals surface area contributed by atoms with Crippen molar-refractivity contribution in [1.29, 1.82) is 0 Å². The molecule has 1 unspecified atom stereocenters. The van der Waals surface area contributed by atoms with Crippen molar-refractivity contribution in [2.75, 3.05) is 33.3 Å². The van der Waals surface area contributed by atoms with Gasteiger partial charge in [0.25, 0.3) is 5.91 Å². The number of carbonyl (C=O) groups excluding carboxylic acids is 2. The van der Waals surface area contributed by atoms with E-state index in [9.17, 15) is 22.8 Å². The first-order valence-corrected chi connectivity index (χ1v) is 12.9. The van der Waals surface area contributed by atoms with Crippen LogP contribution in [0.2, 0.25) is 0 Å². The summed E-state index contributed by atoms with van der Waals surface area (Å²) in [5.74, 6) is 0.0612. The van der Waals surface area contributed by atoms with E-state index < -0.39 is 6.36 Å². The second-order valence-electron chi connectivity index (χ2n) is 9.72. The minimum absolute atomic E-state index is 0.0343. The summed E-state index contributed by atoms with van der Waals surface area (Å²) >= 11 is 0. The predicted octanol–water partition coefficient (Wildman–Crippen LogP) is 5.01. The van der Waals surface area contributed by atoms with Crippen molar-refractivity contribution < 1.29 is 37.0 Å². The lowest BCUT2D eigenvalue weighted by Crippen LogP contribution is -2.45. The Morgan fingerprint density at radius 2 is 1.32 bits per heavy atom. The van der Waals surface area contributed by atoms with Crippen LogP contribution in [0.5, 0.6) is 11.5 Å². The zero-order valence-corrected chi connectivity index (χ0v) is 21.6. The number of alkyl halides is 3. The molecule has 4 rings (SSSR count). The fourth-order valence-electron chi connectivity index (χ4n) is 4.97. The Kier molecular flexibility index (Phi) is 8.81. The van der Waals surface area contributed by atoms with Crippen molar-refractivity contribution in [2.24, 2.45) is 0 Å². The van der Waals surface area contributed by atoms with Gasteiger partial charge in [0.2, 0.25) is 5.91 Å². The van der Waals surface area contributed by atoms with Crippen molar-refractivity contribution in [1.82, 2.24) is 9.80 Å². The highest BCUT2D eigenvalue weighted by molar-refractivity contribution is 5.94. The van der Waals surface area contributed by atoms with E-state index in [-0.39, 0.29) is 35.7 Å². The van der Waals surface area contributed by atoms with Gasteiger partial charge in [-0.1, -0.05) is 12.1 Å². The molecule has 0 radical (unpaired) electrons. The number of carbonyl (C=O) groups is 2. The topological polar surface area (TPSA) is 68.3 Å². The molecular weight excluding hydrogens is 501 g/mol. The van der Waals surface area contributed by atoms with Crippen molar-refractivity contribution >= 4 is 11.8 Å². The SMILES string of the molecule is COc1ccc(C(C)C(=O)N2CCC(OC3CCN(C(=O)c4ccc(OC(F)(F)F)cc4)CC3)CC2)cc1. The Labute approximate surface area is 220 Å². The van der Waals surface area contributed by atoms with Gasteiger partial charge >= 0.3 is 6.36 Å². The van der Waals surface area contributed by atoms with Gasteiger partial charge in [-0.05, 0) is 74.6 Å². The highest BCUT2D eigenvalue weighted by Gasteiger charge is 2.32. The molecular formula is C28H33F3N2O5. The van der Waals surface area contributed by atoms with E-state index in [1.165, 1.54) is 12.1 Å². The monoisotopic (exact) mass is 534 g/mol. The summed E-state index contributed by atoms with van der Waals surface area (Å²) < 4.78 is 52.4. The lowest BCUT2D eigenvalue weighted by atomic mass is 9.97. The second kappa shape index (κ2) is 12.1. The molecule has 10 heteroatoms. The maximum absolute atomic E-state index is 13.0. The first kappa shape index (κ1) is 27.8. The summed E-state index contributed by atoms with van der Waals surface area (Å²) in [5, 5.41) is 0. The average molecular weight is 535 g/mol. The Balaban J connectivity index is 1.19. The van der Waals surface area contributed by atoms with Crippen LogP contribution in [0.15, 0.2) is 48.5 Å². The van der Waals surface area contributed by atoms with Crippen molar-refractivity contribution in [3.05, 3.63) is 59.7 Å². The molecule has 2 fully saturated rings. The van der Waals surface area contributed by atoms with Gasteiger partial charge in [-0.2, -0.15) is 0 Å². The lowest BCUT2D eigenvalue weighted by Gasteiger charge is -2.37. The Morgan fingerprint density at radius 1 is 0.816 bits per heavy atom. The van der Waals surface area contributed by atoms with Crippen molar-refractivity contribution in [3.63, 3.8) is 0 Å². The molecule has 2 aliphatic heterocycles. The highest BCUT2D eigenvalue weighted by atomic mass is 19.4. The van der Waals surface area contributed by atoms with Crippen LogP contribution in [0.4, 0.5) is 13.2 Å². The molecule has 0 saturated carbocycles. The van der Waals surface area contributed by atoms with Crippen LogP contribution in [0.25, 0.3) is 0 Å². The Hall–Kier alpha value is -3.27. The minimum Gasteiger partial charge on any atom is -0.497 e. The summed E-state index contributed by atoms with van der Waals surface area (Å²) in [4.78, 5) is 29.4. The molecule has 0 N–H and O–H groups in total. The number of methoxy groups -OCH3 is 1. The number of amides is 2. The van der Waals surface area contributed by atoms with Crippen LogP contribution in [0.1, 0.15) is 54.4 Å². The van der Waals surface area contributed by atoms with Gasteiger partial charge in [-0.3, -0.25) is 9.59 Å². The van der Waals surface area contributed by atoms with Crippen LogP contribution in [-0.4, -0.2) is 73.5 Å². The fourth-order valence-corrected chi connectivity index (χ4v) is 4.97. The molecule has 7 nitrogen and oxygen atoms in total. The van der Waals surface area contributed by atoms with E-state index >= 15 is 0 Å². The van der Waals surface area contributed by atoms with Gasteiger partial charge < -0.3 is 24.0 Å². The number of likely N-dealkylation sites (tertiary alicyclic amines) is 2. The van der Waals surface area contributed by atoms with Gasteiger partial charge in [-0.15, -0.1) is 13.2 Å². The first-order valence-electron chi connectivity index (χ1n) is 12.9. The van der Waals surface area contributed by atoms with Gasteiger partial charge in [0, 0.05) is 31.7 Å². The Morgan fingerprint density at radius 3 is 1.82 bits per heavy atom. The molecule has 2 aliphatic rings. The quantitative estimate of drug-likeness (QED) is 0.500. The van der Waals surface area contributed by atoms with E-state index in [2.05, 4.69) is 4.74 Å². The molecule has 2 aromatic rings. The molecule has 206 valence electrons. The first-order chi connectivity index (χ1) is 18.1. The number of hydrogen-bond donors (Lipinski definition) is 0. The fraction of sp³-hybridized carbons (Fsp3) is 0.500. The van der Waals surface area contributed by atoms with Crippen LogP contribution in [0, 0.1) is 0 Å². The largest absolute Gasteiger partial charge is 0.573 e. The number of piperidine rings is 2. The maximum atomic E-state index is 13.0.